The summed E-state index contributed by atoms with van der Waals surface area (Å²) in [6.45, 7) is 2.20. The number of aryl methyl sites for hydroxylation is 1. The van der Waals surface area contributed by atoms with Gasteiger partial charge in [-0.15, -0.1) is 0 Å². The first-order chi connectivity index (χ1) is 9.11. The monoisotopic (exact) mass is 258 g/mol. The molecule has 0 aromatic heterocycles. The Labute approximate surface area is 112 Å². The summed E-state index contributed by atoms with van der Waals surface area (Å²) >= 11 is 0. The highest BCUT2D eigenvalue weighted by atomic mass is 16.2. The van der Waals surface area contributed by atoms with Crippen LogP contribution < -0.4 is 10.6 Å². The van der Waals surface area contributed by atoms with E-state index in [1.165, 1.54) is 0 Å². The van der Waals surface area contributed by atoms with Gasteiger partial charge in [0.05, 0.1) is 0 Å². The molecule has 0 atom stereocenters. The Morgan fingerprint density at radius 3 is 2.84 bits per heavy atom. The zero-order valence-electron chi connectivity index (χ0n) is 11.0. The summed E-state index contributed by atoms with van der Waals surface area (Å²) in [4.78, 5) is 23.4. The maximum Gasteiger partial charge on any atom is 0.251 e. The molecule has 4 heteroatoms. The molecule has 3 rings (SSSR count). The molecule has 0 saturated heterocycles. The standard InChI is InChI=1S/C15H18N2O2/c1-9-6-12(7-9)16-15(19)11-2-4-13-10(8-11)3-5-14(18)17-13/h2,4,8-9,12H,3,5-7H2,1H3,(H,16,19)(H,17,18). The normalized spacial score (nSPS) is 25.0. The number of amides is 2. The molecule has 1 heterocycles. The molecule has 1 aromatic rings. The van der Waals surface area contributed by atoms with Crippen molar-refractivity contribution in [2.75, 3.05) is 5.32 Å². The van der Waals surface area contributed by atoms with E-state index in [2.05, 4.69) is 17.6 Å². The summed E-state index contributed by atoms with van der Waals surface area (Å²) in [5, 5.41) is 5.88. The van der Waals surface area contributed by atoms with Gasteiger partial charge in [0.15, 0.2) is 0 Å². The first-order valence-electron chi connectivity index (χ1n) is 6.85. The minimum absolute atomic E-state index is 0.00315. The van der Waals surface area contributed by atoms with E-state index in [0.29, 0.717) is 24.4 Å². The molecule has 2 N–H and O–H groups in total. The van der Waals surface area contributed by atoms with Crippen LogP contribution in [0.15, 0.2) is 18.2 Å². The maximum absolute atomic E-state index is 12.1. The van der Waals surface area contributed by atoms with Gasteiger partial charge in [0.25, 0.3) is 5.91 Å². The smallest absolute Gasteiger partial charge is 0.251 e. The third-order valence-electron chi connectivity index (χ3n) is 3.97. The number of benzene rings is 1. The first-order valence-corrected chi connectivity index (χ1v) is 6.85. The van der Waals surface area contributed by atoms with Gasteiger partial charge in [0.1, 0.15) is 0 Å². The van der Waals surface area contributed by atoms with E-state index < -0.39 is 0 Å². The molecule has 1 saturated carbocycles. The summed E-state index contributed by atoms with van der Waals surface area (Å²) in [5.41, 5.74) is 2.58. The third kappa shape index (κ3) is 2.48. The van der Waals surface area contributed by atoms with Crippen molar-refractivity contribution in [3.63, 3.8) is 0 Å². The molecule has 2 aliphatic rings. The number of fused-ring (bicyclic) bond motifs is 1. The van der Waals surface area contributed by atoms with Gasteiger partial charge in [0, 0.05) is 23.7 Å². The lowest BCUT2D eigenvalue weighted by atomic mass is 9.82. The van der Waals surface area contributed by atoms with Crippen LogP contribution in [0, 0.1) is 5.92 Å². The molecule has 1 fully saturated rings. The summed E-state index contributed by atoms with van der Waals surface area (Å²) in [7, 11) is 0. The minimum Gasteiger partial charge on any atom is -0.349 e. The Morgan fingerprint density at radius 2 is 2.11 bits per heavy atom. The SMILES string of the molecule is CC1CC(NC(=O)c2ccc3c(c2)CCC(=O)N3)C1. The number of rotatable bonds is 2. The molecule has 0 bridgehead atoms. The van der Waals surface area contributed by atoms with Crippen molar-refractivity contribution in [3.05, 3.63) is 29.3 Å². The Kier molecular flexibility index (Phi) is 3.01. The summed E-state index contributed by atoms with van der Waals surface area (Å²) in [6.07, 6.45) is 3.36. The highest BCUT2D eigenvalue weighted by Gasteiger charge is 2.27. The zero-order chi connectivity index (χ0) is 13.4. The van der Waals surface area contributed by atoms with Crippen LogP contribution in [0.4, 0.5) is 5.69 Å². The number of carbonyl (C=O) groups excluding carboxylic acids is 2. The fourth-order valence-electron chi connectivity index (χ4n) is 2.81. The highest BCUT2D eigenvalue weighted by Crippen LogP contribution is 2.27. The molecule has 0 unspecified atom stereocenters. The Bertz CT molecular complexity index is 533. The second-order valence-corrected chi connectivity index (χ2v) is 5.67. The van der Waals surface area contributed by atoms with Gasteiger partial charge in [0.2, 0.25) is 5.91 Å². The highest BCUT2D eigenvalue weighted by molar-refractivity contribution is 5.98. The lowest BCUT2D eigenvalue weighted by molar-refractivity contribution is -0.116. The average Bonchev–Trinajstić information content (AvgIpc) is 2.36. The van der Waals surface area contributed by atoms with E-state index in [-0.39, 0.29) is 11.8 Å². The van der Waals surface area contributed by atoms with Crippen LogP contribution in [0.1, 0.15) is 42.1 Å². The van der Waals surface area contributed by atoms with Crippen molar-refractivity contribution < 1.29 is 9.59 Å². The molecule has 100 valence electrons. The lowest BCUT2D eigenvalue weighted by Crippen LogP contribution is -2.43. The van der Waals surface area contributed by atoms with Crippen LogP contribution in [0.5, 0.6) is 0 Å². The van der Waals surface area contributed by atoms with Crippen LogP contribution in [-0.2, 0) is 11.2 Å². The molecule has 1 aliphatic heterocycles. The summed E-state index contributed by atoms with van der Waals surface area (Å²) in [5.74, 6) is 0.772. The van der Waals surface area contributed by atoms with Crippen LogP contribution in [0.3, 0.4) is 0 Å². The minimum atomic E-state index is -0.00315. The number of hydrogen-bond acceptors (Lipinski definition) is 2. The van der Waals surface area contributed by atoms with Gasteiger partial charge in [-0.1, -0.05) is 6.92 Å². The fourth-order valence-corrected chi connectivity index (χ4v) is 2.81. The van der Waals surface area contributed by atoms with Gasteiger partial charge < -0.3 is 10.6 Å². The van der Waals surface area contributed by atoms with Crippen molar-refractivity contribution in [2.45, 2.75) is 38.6 Å². The van der Waals surface area contributed by atoms with E-state index in [4.69, 9.17) is 0 Å². The average molecular weight is 258 g/mol. The van der Waals surface area contributed by atoms with Gasteiger partial charge in [-0.3, -0.25) is 9.59 Å². The maximum atomic E-state index is 12.1. The van der Waals surface area contributed by atoms with Crippen molar-refractivity contribution in [2.24, 2.45) is 5.92 Å². The Balaban J connectivity index is 1.71. The third-order valence-corrected chi connectivity index (χ3v) is 3.97. The Hall–Kier alpha value is -1.84. The zero-order valence-corrected chi connectivity index (χ0v) is 11.0. The van der Waals surface area contributed by atoms with Crippen molar-refractivity contribution in [3.8, 4) is 0 Å². The topological polar surface area (TPSA) is 58.2 Å². The molecular weight excluding hydrogens is 240 g/mol. The first kappa shape index (κ1) is 12.2. The van der Waals surface area contributed by atoms with Crippen molar-refractivity contribution in [1.29, 1.82) is 0 Å². The lowest BCUT2D eigenvalue weighted by Gasteiger charge is -2.33. The second kappa shape index (κ2) is 4.68. The molecule has 19 heavy (non-hydrogen) atoms. The molecule has 1 aliphatic carbocycles. The predicted octanol–water partition coefficient (Wildman–Crippen LogP) is 2.10. The second-order valence-electron chi connectivity index (χ2n) is 5.67. The van der Waals surface area contributed by atoms with E-state index in [9.17, 15) is 9.59 Å². The van der Waals surface area contributed by atoms with Crippen molar-refractivity contribution >= 4 is 17.5 Å². The van der Waals surface area contributed by atoms with Crippen LogP contribution in [0.2, 0.25) is 0 Å². The fraction of sp³-hybridized carbons (Fsp3) is 0.467. The summed E-state index contributed by atoms with van der Waals surface area (Å²) in [6, 6.07) is 5.83. The quantitative estimate of drug-likeness (QED) is 0.853. The van der Waals surface area contributed by atoms with Gasteiger partial charge in [-0.05, 0) is 48.9 Å². The molecular formula is C15H18N2O2. The molecule has 1 aromatic carbocycles. The van der Waals surface area contributed by atoms with Gasteiger partial charge in [-0.2, -0.15) is 0 Å². The van der Waals surface area contributed by atoms with Crippen LogP contribution in [0.25, 0.3) is 0 Å². The molecule has 2 amide bonds. The number of anilines is 1. The number of hydrogen-bond donors (Lipinski definition) is 2. The van der Waals surface area contributed by atoms with E-state index in [1.54, 1.807) is 6.07 Å². The number of carbonyl (C=O) groups is 2. The van der Waals surface area contributed by atoms with Gasteiger partial charge in [-0.25, -0.2) is 0 Å². The van der Waals surface area contributed by atoms with Crippen LogP contribution >= 0.6 is 0 Å². The van der Waals surface area contributed by atoms with Gasteiger partial charge >= 0.3 is 0 Å². The van der Waals surface area contributed by atoms with E-state index in [0.717, 1.165) is 30.0 Å². The molecule has 4 nitrogen and oxygen atoms in total. The predicted molar refractivity (Wildman–Crippen MR) is 73.0 cm³/mol. The largest absolute Gasteiger partial charge is 0.349 e. The van der Waals surface area contributed by atoms with E-state index >= 15 is 0 Å². The van der Waals surface area contributed by atoms with E-state index in [1.807, 2.05) is 12.1 Å². The number of nitrogens with one attached hydrogen (secondary N) is 2. The van der Waals surface area contributed by atoms with Crippen LogP contribution in [-0.4, -0.2) is 17.9 Å². The molecule has 0 radical (unpaired) electrons. The molecule has 0 spiro atoms. The van der Waals surface area contributed by atoms with Crippen molar-refractivity contribution in [1.82, 2.24) is 5.32 Å². The summed E-state index contributed by atoms with van der Waals surface area (Å²) < 4.78 is 0. The Morgan fingerprint density at radius 1 is 1.32 bits per heavy atom.